The van der Waals surface area contributed by atoms with E-state index in [4.69, 9.17) is 0 Å². The van der Waals surface area contributed by atoms with E-state index in [1.165, 1.54) is 23.5 Å². The van der Waals surface area contributed by atoms with Gasteiger partial charge in [-0.15, -0.1) is 11.3 Å². The van der Waals surface area contributed by atoms with Crippen LogP contribution in [0.25, 0.3) is 10.9 Å². The van der Waals surface area contributed by atoms with Crippen LogP contribution >= 0.6 is 11.3 Å². The number of sulfonamides is 1. The average molecular weight is 335 g/mol. The molecule has 0 aliphatic carbocycles. The van der Waals surface area contributed by atoms with Crippen molar-refractivity contribution in [2.24, 2.45) is 0 Å². The lowest BCUT2D eigenvalue weighted by Crippen LogP contribution is -2.26. The van der Waals surface area contributed by atoms with E-state index < -0.39 is 10.0 Å². The maximum absolute atomic E-state index is 12.2. The molecule has 2 N–H and O–H groups in total. The van der Waals surface area contributed by atoms with Crippen molar-refractivity contribution < 1.29 is 13.5 Å². The van der Waals surface area contributed by atoms with Gasteiger partial charge in [-0.25, -0.2) is 23.1 Å². The summed E-state index contributed by atoms with van der Waals surface area (Å²) in [5.74, 6) is -0.0444. The fourth-order valence-electron chi connectivity index (χ4n) is 2.01. The number of fused-ring (bicyclic) bond motifs is 1. The van der Waals surface area contributed by atoms with Crippen molar-refractivity contribution in [2.75, 3.05) is 6.54 Å². The molecule has 0 amide bonds. The minimum Gasteiger partial charge on any atom is -0.506 e. The number of hydrogen-bond acceptors (Lipinski definition) is 6. The largest absolute Gasteiger partial charge is 0.506 e. The van der Waals surface area contributed by atoms with E-state index in [2.05, 4.69) is 14.7 Å². The van der Waals surface area contributed by atoms with Gasteiger partial charge in [-0.05, 0) is 18.2 Å². The number of phenolic OH excluding ortho intramolecular Hbond substituents is 1. The van der Waals surface area contributed by atoms with Gasteiger partial charge in [0.05, 0.1) is 11.2 Å². The van der Waals surface area contributed by atoms with E-state index in [0.29, 0.717) is 11.8 Å². The Balaban J connectivity index is 1.81. The molecule has 3 rings (SSSR count). The van der Waals surface area contributed by atoms with Gasteiger partial charge in [0.25, 0.3) is 10.0 Å². The third-order valence-corrected chi connectivity index (χ3v) is 5.10. The Hall–Kier alpha value is -2.03. The minimum absolute atomic E-state index is 0.0444. The van der Waals surface area contributed by atoms with Crippen molar-refractivity contribution in [3.05, 3.63) is 46.9 Å². The monoisotopic (exact) mass is 335 g/mol. The Bertz CT molecular complexity index is 893. The standard InChI is InChI=1S/C14H13N3O3S2/c18-12-3-1-2-10-4-5-13(17-14(10)12)22(19,20)16-7-6-11-8-21-9-15-11/h1-5,8-9,16,18H,6-7H2. The average Bonchev–Trinajstić information content (AvgIpc) is 3.00. The number of aromatic nitrogens is 2. The number of rotatable bonds is 5. The molecule has 0 aliphatic heterocycles. The van der Waals surface area contributed by atoms with Crippen molar-refractivity contribution in [1.82, 2.24) is 14.7 Å². The summed E-state index contributed by atoms with van der Waals surface area (Å²) in [5.41, 5.74) is 2.82. The zero-order valence-electron chi connectivity index (χ0n) is 11.4. The molecule has 0 spiro atoms. The SMILES string of the molecule is O=S(=O)(NCCc1cscn1)c1ccc2cccc(O)c2n1. The molecule has 0 bridgehead atoms. The molecule has 0 fully saturated rings. The molecule has 22 heavy (non-hydrogen) atoms. The predicted octanol–water partition coefficient (Wildman–Crippen LogP) is 1.92. The van der Waals surface area contributed by atoms with Crippen molar-refractivity contribution in [1.29, 1.82) is 0 Å². The molecule has 114 valence electrons. The van der Waals surface area contributed by atoms with Crippen molar-refractivity contribution in [3.63, 3.8) is 0 Å². The molecule has 0 unspecified atom stereocenters. The minimum atomic E-state index is -3.72. The lowest BCUT2D eigenvalue weighted by atomic mass is 10.2. The third kappa shape index (κ3) is 3.08. The molecular weight excluding hydrogens is 322 g/mol. The van der Waals surface area contributed by atoms with Gasteiger partial charge in [-0.1, -0.05) is 12.1 Å². The maximum atomic E-state index is 12.2. The van der Waals surface area contributed by atoms with Gasteiger partial charge in [0.1, 0.15) is 11.3 Å². The summed E-state index contributed by atoms with van der Waals surface area (Å²) < 4.78 is 27.0. The van der Waals surface area contributed by atoms with Gasteiger partial charge < -0.3 is 5.11 Å². The molecule has 0 aliphatic rings. The highest BCUT2D eigenvalue weighted by Gasteiger charge is 2.16. The van der Waals surface area contributed by atoms with Gasteiger partial charge in [0.2, 0.25) is 0 Å². The summed E-state index contributed by atoms with van der Waals surface area (Å²) in [7, 11) is -3.72. The molecule has 0 saturated heterocycles. The summed E-state index contributed by atoms with van der Waals surface area (Å²) in [6.45, 7) is 0.243. The van der Waals surface area contributed by atoms with Crippen LogP contribution in [-0.2, 0) is 16.4 Å². The van der Waals surface area contributed by atoms with Gasteiger partial charge in [-0.3, -0.25) is 0 Å². The number of para-hydroxylation sites is 1. The number of nitrogens with one attached hydrogen (secondary N) is 1. The van der Waals surface area contributed by atoms with Crippen LogP contribution in [0.3, 0.4) is 0 Å². The van der Waals surface area contributed by atoms with E-state index in [-0.39, 0.29) is 22.8 Å². The molecular formula is C14H13N3O3S2. The highest BCUT2D eigenvalue weighted by atomic mass is 32.2. The summed E-state index contributed by atoms with van der Waals surface area (Å²) in [5, 5.41) is 12.2. The number of phenols is 1. The predicted molar refractivity (Wildman–Crippen MR) is 84.4 cm³/mol. The summed E-state index contributed by atoms with van der Waals surface area (Å²) in [6, 6.07) is 7.96. The first-order chi connectivity index (χ1) is 10.6. The Morgan fingerprint density at radius 2 is 2.09 bits per heavy atom. The first-order valence-electron chi connectivity index (χ1n) is 6.52. The first-order valence-corrected chi connectivity index (χ1v) is 8.94. The number of pyridine rings is 1. The first kappa shape index (κ1) is 14.9. The van der Waals surface area contributed by atoms with Crippen molar-refractivity contribution in [2.45, 2.75) is 11.4 Å². The van der Waals surface area contributed by atoms with Gasteiger partial charge in [-0.2, -0.15) is 0 Å². The van der Waals surface area contributed by atoms with Crippen LogP contribution in [0.2, 0.25) is 0 Å². The molecule has 0 saturated carbocycles. The lowest BCUT2D eigenvalue weighted by molar-refractivity contribution is 0.480. The molecule has 3 aromatic rings. The molecule has 2 heterocycles. The van der Waals surface area contributed by atoms with Gasteiger partial charge in [0.15, 0.2) is 5.03 Å². The summed E-state index contributed by atoms with van der Waals surface area (Å²) >= 11 is 1.47. The normalized spacial score (nSPS) is 11.8. The number of thiazole rings is 1. The molecule has 2 aromatic heterocycles. The van der Waals surface area contributed by atoms with Gasteiger partial charge in [0, 0.05) is 23.7 Å². The lowest BCUT2D eigenvalue weighted by Gasteiger charge is -2.07. The van der Waals surface area contributed by atoms with Crippen molar-refractivity contribution >= 4 is 32.3 Å². The maximum Gasteiger partial charge on any atom is 0.258 e. The Labute approximate surface area is 131 Å². The van der Waals surface area contributed by atoms with Crippen LogP contribution in [0.4, 0.5) is 0 Å². The topological polar surface area (TPSA) is 92.2 Å². The van der Waals surface area contributed by atoms with Crippen LogP contribution in [0, 0.1) is 0 Å². The summed E-state index contributed by atoms with van der Waals surface area (Å²) in [4.78, 5) is 8.14. The van der Waals surface area contributed by atoms with Crippen LogP contribution in [0.15, 0.2) is 46.2 Å². The number of hydrogen-bond donors (Lipinski definition) is 2. The second-order valence-electron chi connectivity index (χ2n) is 4.63. The zero-order chi connectivity index (χ0) is 15.6. The molecule has 1 aromatic carbocycles. The van der Waals surface area contributed by atoms with Crippen LogP contribution in [-0.4, -0.2) is 30.0 Å². The Morgan fingerprint density at radius 3 is 2.86 bits per heavy atom. The van der Waals surface area contributed by atoms with Crippen LogP contribution < -0.4 is 4.72 Å². The zero-order valence-corrected chi connectivity index (χ0v) is 13.1. The fraction of sp³-hybridized carbons (Fsp3) is 0.143. The molecule has 0 radical (unpaired) electrons. The fourth-order valence-corrected chi connectivity index (χ4v) is 3.58. The van der Waals surface area contributed by atoms with E-state index in [9.17, 15) is 13.5 Å². The Kier molecular flexibility index (Phi) is 4.06. The number of aromatic hydroxyl groups is 1. The van der Waals surface area contributed by atoms with Crippen molar-refractivity contribution in [3.8, 4) is 5.75 Å². The highest BCUT2D eigenvalue weighted by Crippen LogP contribution is 2.23. The number of benzene rings is 1. The van der Waals surface area contributed by atoms with Crippen LogP contribution in [0.5, 0.6) is 5.75 Å². The number of nitrogens with zero attached hydrogens (tertiary/aromatic N) is 2. The molecule has 8 heteroatoms. The van der Waals surface area contributed by atoms with E-state index >= 15 is 0 Å². The van der Waals surface area contributed by atoms with Gasteiger partial charge >= 0.3 is 0 Å². The quantitative estimate of drug-likeness (QED) is 0.743. The smallest absolute Gasteiger partial charge is 0.258 e. The highest BCUT2D eigenvalue weighted by molar-refractivity contribution is 7.89. The summed E-state index contributed by atoms with van der Waals surface area (Å²) in [6.07, 6.45) is 0.515. The Morgan fingerprint density at radius 1 is 1.23 bits per heavy atom. The van der Waals surface area contributed by atoms with E-state index in [0.717, 1.165) is 5.69 Å². The van der Waals surface area contributed by atoms with E-state index in [1.807, 2.05) is 5.38 Å². The second kappa shape index (κ2) is 5.99. The van der Waals surface area contributed by atoms with E-state index in [1.54, 1.807) is 23.7 Å². The molecule has 6 nitrogen and oxygen atoms in total. The molecule has 0 atom stereocenters. The second-order valence-corrected chi connectivity index (χ2v) is 7.06. The third-order valence-electron chi connectivity index (χ3n) is 3.11. The van der Waals surface area contributed by atoms with Crippen LogP contribution in [0.1, 0.15) is 5.69 Å².